The van der Waals surface area contributed by atoms with Crippen LogP contribution < -0.4 is 10.1 Å². The molecule has 1 amide bonds. The van der Waals surface area contributed by atoms with Crippen LogP contribution in [0.5, 0.6) is 5.75 Å². The Kier molecular flexibility index (Phi) is 5.23. The summed E-state index contributed by atoms with van der Waals surface area (Å²) in [6.45, 7) is 7.92. The second-order valence-corrected chi connectivity index (χ2v) is 7.52. The normalized spacial score (nSPS) is 10.9. The van der Waals surface area contributed by atoms with E-state index >= 15 is 0 Å². The quantitative estimate of drug-likeness (QED) is 0.528. The van der Waals surface area contributed by atoms with Crippen molar-refractivity contribution in [2.75, 3.05) is 11.9 Å². The zero-order valence-electron chi connectivity index (χ0n) is 17.6. The molecule has 0 atom stereocenters. The first kappa shape index (κ1) is 19.6. The first-order valence-electron chi connectivity index (χ1n) is 9.84. The van der Waals surface area contributed by atoms with E-state index in [0.29, 0.717) is 11.2 Å². The van der Waals surface area contributed by atoms with E-state index in [4.69, 9.17) is 4.74 Å². The Bertz CT molecular complexity index is 1230. The van der Waals surface area contributed by atoms with Crippen LogP contribution in [0.3, 0.4) is 0 Å². The van der Waals surface area contributed by atoms with E-state index in [9.17, 15) is 4.79 Å². The van der Waals surface area contributed by atoms with E-state index in [1.165, 1.54) is 5.56 Å². The van der Waals surface area contributed by atoms with Crippen LogP contribution >= 0.6 is 0 Å². The van der Waals surface area contributed by atoms with Gasteiger partial charge in [0.25, 0.3) is 5.91 Å². The van der Waals surface area contributed by atoms with Crippen molar-refractivity contribution in [3.63, 3.8) is 0 Å². The molecule has 6 nitrogen and oxygen atoms in total. The summed E-state index contributed by atoms with van der Waals surface area (Å²) in [4.78, 5) is 14.1. The number of ether oxygens (including phenoxy) is 1. The van der Waals surface area contributed by atoms with E-state index in [2.05, 4.69) is 15.5 Å². The van der Waals surface area contributed by atoms with Gasteiger partial charge in [0.05, 0.1) is 5.69 Å². The Morgan fingerprint density at radius 3 is 2.37 bits per heavy atom. The number of carbonyl (C=O) groups excluding carboxylic acids is 1. The minimum Gasteiger partial charge on any atom is -0.483 e. The van der Waals surface area contributed by atoms with Gasteiger partial charge in [0.1, 0.15) is 16.8 Å². The van der Waals surface area contributed by atoms with Crippen molar-refractivity contribution in [1.29, 1.82) is 0 Å². The van der Waals surface area contributed by atoms with Gasteiger partial charge in [-0.05, 0) is 74.7 Å². The van der Waals surface area contributed by atoms with Gasteiger partial charge in [-0.3, -0.25) is 4.79 Å². The summed E-state index contributed by atoms with van der Waals surface area (Å²) in [5, 5.41) is 12.0. The Morgan fingerprint density at radius 2 is 1.63 bits per heavy atom. The lowest BCUT2D eigenvalue weighted by Gasteiger charge is -2.12. The zero-order chi connectivity index (χ0) is 21.3. The highest BCUT2D eigenvalue weighted by Gasteiger charge is 2.12. The van der Waals surface area contributed by atoms with Gasteiger partial charge in [0, 0.05) is 5.69 Å². The topological polar surface area (TPSA) is 69.0 Å². The largest absolute Gasteiger partial charge is 0.483 e. The average Bonchev–Trinajstić information content (AvgIpc) is 3.12. The molecule has 0 fully saturated rings. The number of nitrogens with one attached hydrogen (secondary N) is 1. The molecule has 1 aromatic heterocycles. The summed E-state index contributed by atoms with van der Waals surface area (Å²) in [6, 6.07) is 17.6. The molecule has 0 saturated carbocycles. The molecule has 3 aromatic carbocycles. The van der Waals surface area contributed by atoms with Crippen molar-refractivity contribution >= 4 is 22.6 Å². The number of hydrogen-bond acceptors (Lipinski definition) is 4. The molecule has 0 aliphatic rings. The van der Waals surface area contributed by atoms with Gasteiger partial charge < -0.3 is 10.1 Å². The van der Waals surface area contributed by atoms with E-state index in [-0.39, 0.29) is 12.5 Å². The first-order chi connectivity index (χ1) is 14.4. The van der Waals surface area contributed by atoms with Gasteiger partial charge in [0.2, 0.25) is 0 Å². The zero-order valence-corrected chi connectivity index (χ0v) is 17.6. The van der Waals surface area contributed by atoms with Crippen molar-refractivity contribution in [2.24, 2.45) is 0 Å². The number of rotatable bonds is 5. The summed E-state index contributed by atoms with van der Waals surface area (Å²) in [5.74, 6) is 0.502. The summed E-state index contributed by atoms with van der Waals surface area (Å²) in [6.07, 6.45) is 0. The fourth-order valence-corrected chi connectivity index (χ4v) is 3.21. The summed E-state index contributed by atoms with van der Waals surface area (Å²) in [5.41, 5.74) is 7.35. The summed E-state index contributed by atoms with van der Waals surface area (Å²) >= 11 is 0. The summed E-state index contributed by atoms with van der Waals surface area (Å²) < 4.78 is 5.71. The number of nitrogens with zero attached hydrogens (tertiary/aromatic N) is 3. The fraction of sp³-hybridized carbons (Fsp3) is 0.208. The molecule has 6 heteroatoms. The minimum absolute atomic E-state index is 0.0577. The number of amides is 1. The Hall–Kier alpha value is -3.67. The average molecular weight is 400 g/mol. The number of benzene rings is 3. The Labute approximate surface area is 175 Å². The van der Waals surface area contributed by atoms with Crippen LogP contribution in [0.15, 0.2) is 54.6 Å². The van der Waals surface area contributed by atoms with E-state index in [0.717, 1.165) is 33.6 Å². The van der Waals surface area contributed by atoms with Gasteiger partial charge in [-0.1, -0.05) is 29.8 Å². The molecule has 4 aromatic rings. The van der Waals surface area contributed by atoms with Crippen LogP contribution in [0.1, 0.15) is 22.3 Å². The number of aryl methyl sites for hydroxylation is 3. The van der Waals surface area contributed by atoms with Crippen LogP contribution in [0.25, 0.3) is 16.7 Å². The first-order valence-corrected chi connectivity index (χ1v) is 9.84. The SMILES string of the molecule is Cc1ccc(-n2nc3cc(C)c(NC(=O)COc4cccc(C)c4C)cc3n2)cc1. The molecule has 0 bridgehead atoms. The molecule has 152 valence electrons. The molecule has 4 rings (SSSR count). The van der Waals surface area contributed by atoms with Gasteiger partial charge >= 0.3 is 0 Å². The summed E-state index contributed by atoms with van der Waals surface area (Å²) in [7, 11) is 0. The molecule has 1 N–H and O–H groups in total. The fourth-order valence-electron chi connectivity index (χ4n) is 3.21. The van der Waals surface area contributed by atoms with Crippen molar-refractivity contribution in [2.45, 2.75) is 27.7 Å². The number of fused-ring (bicyclic) bond motifs is 1. The van der Waals surface area contributed by atoms with E-state index in [1.54, 1.807) is 4.80 Å². The van der Waals surface area contributed by atoms with Crippen LogP contribution in [0.2, 0.25) is 0 Å². The molecule has 0 spiro atoms. The van der Waals surface area contributed by atoms with Gasteiger partial charge in [-0.2, -0.15) is 4.80 Å². The molecular formula is C24H24N4O2. The van der Waals surface area contributed by atoms with Crippen LogP contribution in [0.4, 0.5) is 5.69 Å². The van der Waals surface area contributed by atoms with Gasteiger partial charge in [-0.15, -0.1) is 10.2 Å². The third-order valence-electron chi connectivity index (χ3n) is 5.18. The predicted molar refractivity (Wildman–Crippen MR) is 118 cm³/mol. The number of hydrogen-bond donors (Lipinski definition) is 1. The molecule has 30 heavy (non-hydrogen) atoms. The number of carbonyl (C=O) groups is 1. The lowest BCUT2D eigenvalue weighted by Crippen LogP contribution is -2.21. The molecule has 0 unspecified atom stereocenters. The van der Waals surface area contributed by atoms with E-state index in [1.807, 2.05) is 82.3 Å². The van der Waals surface area contributed by atoms with Gasteiger partial charge in [-0.25, -0.2) is 0 Å². The number of aromatic nitrogens is 3. The molecule has 0 radical (unpaired) electrons. The molecular weight excluding hydrogens is 376 g/mol. The standard InChI is InChI=1S/C24H24N4O2/c1-15-8-10-19(11-9-15)28-26-21-12-17(3)20(13-22(21)27-28)25-24(29)14-30-23-7-5-6-16(2)18(23)4/h5-13H,14H2,1-4H3,(H,25,29). The predicted octanol–water partition coefficient (Wildman–Crippen LogP) is 4.67. The highest BCUT2D eigenvalue weighted by atomic mass is 16.5. The monoisotopic (exact) mass is 400 g/mol. The molecule has 1 heterocycles. The van der Waals surface area contributed by atoms with Gasteiger partial charge in [0.15, 0.2) is 6.61 Å². The van der Waals surface area contributed by atoms with Crippen molar-refractivity contribution < 1.29 is 9.53 Å². The lowest BCUT2D eigenvalue weighted by molar-refractivity contribution is -0.118. The van der Waals surface area contributed by atoms with Crippen LogP contribution in [-0.4, -0.2) is 27.5 Å². The van der Waals surface area contributed by atoms with Crippen molar-refractivity contribution in [3.05, 3.63) is 76.9 Å². The smallest absolute Gasteiger partial charge is 0.262 e. The van der Waals surface area contributed by atoms with Crippen molar-refractivity contribution in [3.8, 4) is 11.4 Å². The number of anilines is 1. The third-order valence-corrected chi connectivity index (χ3v) is 5.18. The van der Waals surface area contributed by atoms with E-state index < -0.39 is 0 Å². The second kappa shape index (κ2) is 7.99. The highest BCUT2D eigenvalue weighted by molar-refractivity contribution is 5.95. The lowest BCUT2D eigenvalue weighted by atomic mass is 10.1. The maximum atomic E-state index is 12.5. The van der Waals surface area contributed by atoms with Crippen molar-refractivity contribution in [1.82, 2.24) is 15.0 Å². The van der Waals surface area contributed by atoms with Crippen LogP contribution in [-0.2, 0) is 4.79 Å². The van der Waals surface area contributed by atoms with Crippen LogP contribution in [0, 0.1) is 27.7 Å². The Morgan fingerprint density at radius 1 is 0.933 bits per heavy atom. The highest BCUT2D eigenvalue weighted by Crippen LogP contribution is 2.23. The third kappa shape index (κ3) is 4.03. The molecule has 0 aliphatic carbocycles. The molecule has 0 saturated heterocycles. The maximum absolute atomic E-state index is 12.5. The maximum Gasteiger partial charge on any atom is 0.262 e. The second-order valence-electron chi connectivity index (χ2n) is 7.52. The molecule has 0 aliphatic heterocycles. The Balaban J connectivity index is 1.51. The minimum atomic E-state index is -0.218.